The molecule has 0 radical (unpaired) electrons. The summed E-state index contributed by atoms with van der Waals surface area (Å²) < 4.78 is 10.8. The first kappa shape index (κ1) is 21.5. The van der Waals surface area contributed by atoms with Crippen molar-refractivity contribution in [2.75, 3.05) is 45.9 Å². The van der Waals surface area contributed by atoms with E-state index < -0.39 is 6.09 Å². The number of hydrogen-bond acceptors (Lipinski definition) is 5. The second-order valence-corrected chi connectivity index (χ2v) is 8.48. The minimum Gasteiger partial charge on any atom is -0.494 e. The summed E-state index contributed by atoms with van der Waals surface area (Å²) >= 11 is 0. The molecule has 3 aliphatic rings. The molecule has 4 rings (SSSR count). The van der Waals surface area contributed by atoms with E-state index in [4.69, 9.17) is 9.47 Å². The van der Waals surface area contributed by atoms with Crippen LogP contribution >= 0.6 is 0 Å². The maximum atomic E-state index is 13.2. The quantitative estimate of drug-likeness (QED) is 0.719. The fourth-order valence-electron chi connectivity index (χ4n) is 4.58. The van der Waals surface area contributed by atoms with Crippen LogP contribution in [0.25, 0.3) is 0 Å². The summed E-state index contributed by atoms with van der Waals surface area (Å²) in [6.45, 7) is 2.30. The molecule has 2 saturated heterocycles. The SMILES string of the molecule is O=C(CN1CCOC1=O)N1CCCOc2cccc(c2)CCC2CCCCN2C(=O)C1. The number of piperidine rings is 1. The van der Waals surface area contributed by atoms with Gasteiger partial charge in [0.05, 0.1) is 19.7 Å². The molecule has 0 saturated carbocycles. The Hall–Kier alpha value is -2.77. The summed E-state index contributed by atoms with van der Waals surface area (Å²) in [6.07, 6.45) is 5.05. The van der Waals surface area contributed by atoms with Crippen molar-refractivity contribution in [3.05, 3.63) is 29.8 Å². The van der Waals surface area contributed by atoms with Gasteiger partial charge in [-0.3, -0.25) is 14.5 Å². The van der Waals surface area contributed by atoms with Crippen LogP contribution in [-0.4, -0.2) is 84.6 Å². The van der Waals surface area contributed by atoms with Crippen LogP contribution in [-0.2, 0) is 20.7 Å². The first-order chi connectivity index (χ1) is 15.1. The number of nitrogens with zero attached hydrogens (tertiary/aromatic N) is 3. The maximum absolute atomic E-state index is 13.2. The summed E-state index contributed by atoms with van der Waals surface area (Å²) in [6, 6.07) is 8.33. The van der Waals surface area contributed by atoms with Crippen LogP contribution in [0.4, 0.5) is 4.79 Å². The fourth-order valence-corrected chi connectivity index (χ4v) is 4.58. The molecule has 1 aromatic carbocycles. The number of hydrogen-bond donors (Lipinski definition) is 0. The van der Waals surface area contributed by atoms with Crippen molar-refractivity contribution >= 4 is 17.9 Å². The highest BCUT2D eigenvalue weighted by molar-refractivity contribution is 5.87. The van der Waals surface area contributed by atoms with Crippen LogP contribution < -0.4 is 4.74 Å². The van der Waals surface area contributed by atoms with E-state index in [-0.39, 0.29) is 30.9 Å². The van der Waals surface area contributed by atoms with Gasteiger partial charge in [0.15, 0.2) is 0 Å². The maximum Gasteiger partial charge on any atom is 0.410 e. The van der Waals surface area contributed by atoms with Gasteiger partial charge in [0.1, 0.15) is 18.9 Å². The molecule has 8 nitrogen and oxygen atoms in total. The van der Waals surface area contributed by atoms with Crippen LogP contribution in [0.1, 0.15) is 37.7 Å². The Balaban J connectivity index is 1.50. The molecule has 0 N–H and O–H groups in total. The van der Waals surface area contributed by atoms with Crippen molar-refractivity contribution in [1.82, 2.24) is 14.7 Å². The zero-order valence-corrected chi connectivity index (χ0v) is 18.0. The minimum atomic E-state index is -0.471. The van der Waals surface area contributed by atoms with Crippen LogP contribution in [0.15, 0.2) is 24.3 Å². The highest BCUT2D eigenvalue weighted by Gasteiger charge is 2.31. The van der Waals surface area contributed by atoms with Crippen LogP contribution in [0.3, 0.4) is 0 Å². The number of ether oxygens (including phenoxy) is 2. The van der Waals surface area contributed by atoms with Crippen molar-refractivity contribution in [2.24, 2.45) is 0 Å². The van der Waals surface area contributed by atoms with E-state index in [0.717, 1.165) is 44.4 Å². The van der Waals surface area contributed by atoms with Crippen molar-refractivity contribution in [1.29, 1.82) is 0 Å². The molecule has 1 unspecified atom stereocenters. The Bertz CT molecular complexity index is 814. The first-order valence-corrected chi connectivity index (χ1v) is 11.3. The Morgan fingerprint density at radius 3 is 2.74 bits per heavy atom. The smallest absolute Gasteiger partial charge is 0.410 e. The summed E-state index contributed by atoms with van der Waals surface area (Å²) in [5.74, 6) is 0.604. The lowest BCUT2D eigenvalue weighted by molar-refractivity contribution is -0.143. The zero-order valence-electron chi connectivity index (χ0n) is 18.0. The van der Waals surface area contributed by atoms with Gasteiger partial charge >= 0.3 is 6.09 Å². The molecule has 3 heterocycles. The topological polar surface area (TPSA) is 79.4 Å². The molecular weight excluding hydrogens is 398 g/mol. The second-order valence-electron chi connectivity index (χ2n) is 8.48. The lowest BCUT2D eigenvalue weighted by Gasteiger charge is -2.37. The number of rotatable bonds is 2. The fraction of sp³-hybridized carbons (Fsp3) is 0.609. The molecule has 0 aromatic heterocycles. The number of benzene rings is 1. The van der Waals surface area contributed by atoms with Gasteiger partial charge in [0.25, 0.3) is 0 Å². The summed E-state index contributed by atoms with van der Waals surface area (Å²) in [5.41, 5.74) is 1.22. The first-order valence-electron chi connectivity index (χ1n) is 11.3. The third kappa shape index (κ3) is 5.48. The van der Waals surface area contributed by atoms with E-state index in [0.29, 0.717) is 32.7 Å². The molecule has 3 amide bonds. The Morgan fingerprint density at radius 2 is 1.90 bits per heavy atom. The van der Waals surface area contributed by atoms with E-state index >= 15 is 0 Å². The average molecular weight is 430 g/mol. The van der Waals surface area contributed by atoms with E-state index in [9.17, 15) is 14.4 Å². The van der Waals surface area contributed by atoms with E-state index in [1.807, 2.05) is 17.0 Å². The van der Waals surface area contributed by atoms with Crippen molar-refractivity contribution in [3.63, 3.8) is 0 Å². The molecule has 2 fully saturated rings. The molecule has 0 spiro atoms. The summed E-state index contributed by atoms with van der Waals surface area (Å²) in [7, 11) is 0. The van der Waals surface area contributed by atoms with Gasteiger partial charge < -0.3 is 19.3 Å². The molecule has 0 aliphatic carbocycles. The van der Waals surface area contributed by atoms with Gasteiger partial charge in [-0.25, -0.2) is 4.79 Å². The highest BCUT2D eigenvalue weighted by atomic mass is 16.6. The van der Waals surface area contributed by atoms with Gasteiger partial charge in [-0.2, -0.15) is 0 Å². The predicted octanol–water partition coefficient (Wildman–Crippen LogP) is 2.06. The molecular formula is C23H31N3O5. The van der Waals surface area contributed by atoms with E-state index in [1.54, 1.807) is 4.90 Å². The van der Waals surface area contributed by atoms with E-state index in [2.05, 4.69) is 12.1 Å². The van der Waals surface area contributed by atoms with Gasteiger partial charge in [-0.15, -0.1) is 0 Å². The van der Waals surface area contributed by atoms with Gasteiger partial charge in [0, 0.05) is 19.1 Å². The molecule has 168 valence electrons. The summed E-state index contributed by atoms with van der Waals surface area (Å²) in [4.78, 5) is 42.8. The minimum absolute atomic E-state index is 0.00576. The molecule has 8 heteroatoms. The lowest BCUT2D eigenvalue weighted by atomic mass is 9.95. The number of cyclic esters (lactones) is 1. The van der Waals surface area contributed by atoms with E-state index in [1.165, 1.54) is 10.5 Å². The normalized spacial score (nSPS) is 23.0. The zero-order chi connectivity index (χ0) is 21.6. The average Bonchev–Trinajstić information content (AvgIpc) is 3.18. The van der Waals surface area contributed by atoms with Crippen molar-refractivity contribution in [3.8, 4) is 5.75 Å². The lowest BCUT2D eigenvalue weighted by Crippen LogP contribution is -2.51. The number of carbonyl (C=O) groups excluding carboxylic acids is 3. The van der Waals surface area contributed by atoms with Crippen LogP contribution in [0.2, 0.25) is 0 Å². The molecule has 2 bridgehead atoms. The third-order valence-electron chi connectivity index (χ3n) is 6.30. The Morgan fingerprint density at radius 1 is 1.00 bits per heavy atom. The third-order valence-corrected chi connectivity index (χ3v) is 6.30. The van der Waals surface area contributed by atoms with Crippen LogP contribution in [0.5, 0.6) is 5.75 Å². The van der Waals surface area contributed by atoms with Crippen LogP contribution in [0, 0.1) is 0 Å². The molecule has 31 heavy (non-hydrogen) atoms. The molecule has 1 aromatic rings. The number of fused-ring (bicyclic) bond motifs is 3. The largest absolute Gasteiger partial charge is 0.494 e. The number of aryl methyl sites for hydroxylation is 1. The molecule has 3 aliphatic heterocycles. The van der Waals surface area contributed by atoms with Gasteiger partial charge in [-0.1, -0.05) is 12.1 Å². The summed E-state index contributed by atoms with van der Waals surface area (Å²) in [5, 5.41) is 0. The number of amides is 3. The number of carbonyl (C=O) groups is 3. The highest BCUT2D eigenvalue weighted by Crippen LogP contribution is 2.23. The molecule has 1 atom stereocenters. The standard InChI is InChI=1S/C23H31N3O5/c27-21(16-25-12-14-31-23(25)29)24-10-4-13-30-20-7-3-5-18(15-20)8-9-19-6-1-2-11-26(19)22(28)17-24/h3,5,7,15,19H,1-2,4,6,8-14,16-17H2. The Kier molecular flexibility index (Phi) is 6.94. The Labute approximate surface area is 183 Å². The van der Waals surface area contributed by atoms with Crippen molar-refractivity contribution < 1.29 is 23.9 Å². The monoisotopic (exact) mass is 429 g/mol. The second kappa shape index (κ2) is 10.0. The van der Waals surface area contributed by atoms with Gasteiger partial charge in [0.2, 0.25) is 11.8 Å². The predicted molar refractivity (Wildman–Crippen MR) is 114 cm³/mol. The van der Waals surface area contributed by atoms with Crippen molar-refractivity contribution in [2.45, 2.75) is 44.6 Å². The van der Waals surface area contributed by atoms with Gasteiger partial charge in [-0.05, 0) is 56.2 Å².